The van der Waals surface area contributed by atoms with E-state index in [9.17, 15) is 17.2 Å². The Balaban J connectivity index is 2.03. The van der Waals surface area contributed by atoms with Gasteiger partial charge in [0.1, 0.15) is 5.52 Å². The normalized spacial score (nSPS) is 13.0. The van der Waals surface area contributed by atoms with E-state index in [1.807, 2.05) is 6.92 Å². The van der Waals surface area contributed by atoms with Gasteiger partial charge in [-0.2, -0.15) is 0 Å². The summed E-state index contributed by atoms with van der Waals surface area (Å²) < 4.78 is 50.6. The molecule has 0 aliphatic heterocycles. The number of nitrogens with zero attached hydrogens (tertiary/aromatic N) is 1. The van der Waals surface area contributed by atoms with E-state index >= 15 is 0 Å². The van der Waals surface area contributed by atoms with Gasteiger partial charge in [-0.25, -0.2) is 27.3 Å². The van der Waals surface area contributed by atoms with Crippen molar-refractivity contribution in [3.8, 4) is 0 Å². The second-order valence-electron chi connectivity index (χ2n) is 6.05. The maximum atomic E-state index is 14.1. The quantitative estimate of drug-likeness (QED) is 0.727. The summed E-state index contributed by atoms with van der Waals surface area (Å²) in [6.45, 7) is 3.50. The fraction of sp³-hybridized carbons (Fsp3) is 0.167. The number of fused-ring (bicyclic) bond motifs is 1. The number of aryl methyl sites for hydroxylation is 1. The Labute approximate surface area is 149 Å². The molecular formula is C18H17F2N3O2S. The van der Waals surface area contributed by atoms with Gasteiger partial charge in [0.2, 0.25) is 10.0 Å². The maximum Gasteiger partial charge on any atom is 0.238 e. The summed E-state index contributed by atoms with van der Waals surface area (Å²) in [6.07, 6.45) is 0. The second-order valence-corrected chi connectivity index (χ2v) is 7.61. The first kappa shape index (κ1) is 18.2. The van der Waals surface area contributed by atoms with Crippen molar-refractivity contribution >= 4 is 26.6 Å². The molecule has 0 amide bonds. The number of hydrogen-bond acceptors (Lipinski definition) is 4. The molecule has 1 aromatic heterocycles. The van der Waals surface area contributed by atoms with Gasteiger partial charge in [-0.15, -0.1) is 0 Å². The number of benzene rings is 2. The molecule has 0 aliphatic rings. The van der Waals surface area contributed by atoms with Crippen molar-refractivity contribution in [3.05, 3.63) is 65.4 Å². The monoisotopic (exact) mass is 377 g/mol. The largest absolute Gasteiger partial charge is 0.378 e. The van der Waals surface area contributed by atoms with Crippen molar-refractivity contribution in [2.45, 2.75) is 24.8 Å². The number of nitrogens with one attached hydrogen (secondary N) is 1. The highest BCUT2D eigenvalue weighted by molar-refractivity contribution is 7.89. The molecule has 0 saturated carbocycles. The molecule has 1 unspecified atom stereocenters. The highest BCUT2D eigenvalue weighted by atomic mass is 32.2. The lowest BCUT2D eigenvalue weighted by molar-refractivity contribution is 0.515. The molecule has 0 aliphatic carbocycles. The first-order chi connectivity index (χ1) is 12.2. The van der Waals surface area contributed by atoms with Gasteiger partial charge >= 0.3 is 0 Å². The number of rotatable bonds is 4. The third-order valence-electron chi connectivity index (χ3n) is 4.06. The number of hydrogen-bond donors (Lipinski definition) is 2. The van der Waals surface area contributed by atoms with Crippen LogP contribution < -0.4 is 10.5 Å². The van der Waals surface area contributed by atoms with E-state index < -0.39 is 21.7 Å². The van der Waals surface area contributed by atoms with Crippen molar-refractivity contribution in [3.63, 3.8) is 0 Å². The summed E-state index contributed by atoms with van der Waals surface area (Å²) in [5, 5.41) is 8.81. The van der Waals surface area contributed by atoms with Crippen molar-refractivity contribution in [1.82, 2.24) is 4.98 Å². The van der Waals surface area contributed by atoms with Gasteiger partial charge in [-0.3, -0.25) is 0 Å². The molecule has 136 valence electrons. The van der Waals surface area contributed by atoms with Crippen LogP contribution in [0.5, 0.6) is 0 Å². The van der Waals surface area contributed by atoms with E-state index in [2.05, 4.69) is 10.3 Å². The molecule has 3 aromatic rings. The lowest BCUT2D eigenvalue weighted by atomic mass is 10.1. The topological polar surface area (TPSA) is 85.1 Å². The van der Waals surface area contributed by atoms with Crippen LogP contribution in [0, 0.1) is 18.6 Å². The van der Waals surface area contributed by atoms with Gasteiger partial charge in [0.05, 0.1) is 4.90 Å². The first-order valence-electron chi connectivity index (χ1n) is 7.81. The molecule has 0 spiro atoms. The standard InChI is InChI=1S/C18H17F2N3O2S/c1-10-8-16(14-6-7-15(19)17(20)18(14)22-10)23-11(2)12-4-3-5-13(9-12)26(21,24)25/h3-9,11H,1-2H3,(H,22,23)(H2,21,24,25). The SMILES string of the molecule is Cc1cc(NC(C)c2cccc(S(N)(=O)=O)c2)c2ccc(F)c(F)c2n1. The molecule has 1 heterocycles. The Morgan fingerprint density at radius 2 is 1.88 bits per heavy atom. The van der Waals surface area contributed by atoms with Crippen LogP contribution in [0.3, 0.4) is 0 Å². The fourth-order valence-electron chi connectivity index (χ4n) is 2.76. The van der Waals surface area contributed by atoms with E-state index in [1.54, 1.807) is 25.1 Å². The number of primary sulfonamides is 1. The van der Waals surface area contributed by atoms with Gasteiger partial charge in [0.15, 0.2) is 11.6 Å². The molecular weight excluding hydrogens is 360 g/mol. The molecule has 0 fully saturated rings. The van der Waals surface area contributed by atoms with E-state index in [0.717, 1.165) is 6.07 Å². The number of halogens is 2. The average Bonchev–Trinajstić information content (AvgIpc) is 2.58. The minimum Gasteiger partial charge on any atom is -0.378 e. The van der Waals surface area contributed by atoms with E-state index in [-0.39, 0.29) is 16.5 Å². The van der Waals surface area contributed by atoms with Crippen LogP contribution in [0.2, 0.25) is 0 Å². The third-order valence-corrected chi connectivity index (χ3v) is 4.97. The van der Waals surface area contributed by atoms with Gasteiger partial charge < -0.3 is 5.32 Å². The fourth-order valence-corrected chi connectivity index (χ4v) is 3.33. The summed E-state index contributed by atoms with van der Waals surface area (Å²) in [7, 11) is -3.81. The Bertz CT molecular complexity index is 1100. The maximum absolute atomic E-state index is 14.1. The molecule has 0 radical (unpaired) electrons. The molecule has 8 heteroatoms. The van der Waals surface area contributed by atoms with E-state index in [4.69, 9.17) is 5.14 Å². The van der Waals surface area contributed by atoms with Crippen LogP contribution in [0.25, 0.3) is 10.9 Å². The summed E-state index contributed by atoms with van der Waals surface area (Å²) >= 11 is 0. The molecule has 3 rings (SSSR count). The molecule has 3 N–H and O–H groups in total. The molecule has 0 bridgehead atoms. The zero-order valence-corrected chi connectivity index (χ0v) is 14.9. The van der Waals surface area contributed by atoms with Crippen LogP contribution in [-0.2, 0) is 10.0 Å². The second kappa shape index (κ2) is 6.62. The van der Waals surface area contributed by atoms with Crippen LogP contribution >= 0.6 is 0 Å². The first-order valence-corrected chi connectivity index (χ1v) is 9.36. The molecule has 1 atom stereocenters. The molecule has 2 aromatic carbocycles. The Kier molecular flexibility index (Phi) is 4.64. The molecule has 0 saturated heterocycles. The number of pyridine rings is 1. The summed E-state index contributed by atoms with van der Waals surface area (Å²) in [5.41, 5.74) is 1.72. The molecule has 5 nitrogen and oxygen atoms in total. The predicted molar refractivity (Wildman–Crippen MR) is 96.2 cm³/mol. The highest BCUT2D eigenvalue weighted by Gasteiger charge is 2.16. The van der Waals surface area contributed by atoms with Crippen LogP contribution in [0.15, 0.2) is 47.4 Å². The van der Waals surface area contributed by atoms with Gasteiger partial charge in [-0.1, -0.05) is 12.1 Å². The van der Waals surface area contributed by atoms with Crippen molar-refractivity contribution in [2.75, 3.05) is 5.32 Å². The zero-order valence-electron chi connectivity index (χ0n) is 14.1. The predicted octanol–water partition coefficient (Wildman–Crippen LogP) is 3.64. The van der Waals surface area contributed by atoms with Crippen molar-refractivity contribution < 1.29 is 17.2 Å². The van der Waals surface area contributed by atoms with Crippen molar-refractivity contribution in [1.29, 1.82) is 0 Å². The molecule has 26 heavy (non-hydrogen) atoms. The van der Waals surface area contributed by atoms with E-state index in [0.29, 0.717) is 22.3 Å². The van der Waals surface area contributed by atoms with Gasteiger partial charge in [0, 0.05) is 22.8 Å². The summed E-state index contributed by atoms with van der Waals surface area (Å²) in [5.74, 6) is -1.96. The number of nitrogens with two attached hydrogens (primary N) is 1. The average molecular weight is 377 g/mol. The summed E-state index contributed by atoms with van der Waals surface area (Å²) in [4.78, 5) is 4.08. The number of anilines is 1. The highest BCUT2D eigenvalue weighted by Crippen LogP contribution is 2.30. The van der Waals surface area contributed by atoms with E-state index in [1.165, 1.54) is 18.2 Å². The van der Waals surface area contributed by atoms with Crippen molar-refractivity contribution in [2.24, 2.45) is 5.14 Å². The summed E-state index contributed by atoms with van der Waals surface area (Å²) in [6, 6.07) is 10.2. The van der Waals surface area contributed by atoms with Crippen LogP contribution in [0.4, 0.5) is 14.5 Å². The van der Waals surface area contributed by atoms with Crippen LogP contribution in [0.1, 0.15) is 24.2 Å². The smallest absolute Gasteiger partial charge is 0.238 e. The van der Waals surface area contributed by atoms with Gasteiger partial charge in [-0.05, 0) is 49.7 Å². The number of aromatic nitrogens is 1. The lowest BCUT2D eigenvalue weighted by Gasteiger charge is -2.18. The zero-order chi connectivity index (χ0) is 19.1. The minimum absolute atomic E-state index is 0.00697. The Morgan fingerprint density at radius 3 is 2.58 bits per heavy atom. The minimum atomic E-state index is -3.81. The Morgan fingerprint density at radius 1 is 1.15 bits per heavy atom. The number of sulfonamides is 1. The van der Waals surface area contributed by atoms with Crippen LogP contribution in [-0.4, -0.2) is 13.4 Å². The van der Waals surface area contributed by atoms with Gasteiger partial charge in [0.25, 0.3) is 0 Å². The lowest BCUT2D eigenvalue weighted by Crippen LogP contribution is -2.14. The third kappa shape index (κ3) is 3.51. The Hall–Kier alpha value is -2.58.